The van der Waals surface area contributed by atoms with Gasteiger partial charge in [0.2, 0.25) is 0 Å². The molecule has 0 atom stereocenters. The van der Waals surface area contributed by atoms with Crippen LogP contribution in [0.25, 0.3) is 0 Å². The second-order valence-corrected chi connectivity index (χ2v) is 5.45. The molecule has 0 aromatic carbocycles. The van der Waals surface area contributed by atoms with Crippen molar-refractivity contribution in [3.63, 3.8) is 0 Å². The Hall–Kier alpha value is -1.17. The first-order chi connectivity index (χ1) is 8.19. The lowest BCUT2D eigenvalue weighted by molar-refractivity contribution is 0.842. The molecule has 0 aliphatic heterocycles. The van der Waals surface area contributed by atoms with Gasteiger partial charge in [-0.2, -0.15) is 5.10 Å². The molecule has 0 aliphatic carbocycles. The molecule has 0 unspecified atom stereocenters. The van der Waals surface area contributed by atoms with Crippen molar-refractivity contribution >= 4 is 28.8 Å². The Morgan fingerprint density at radius 3 is 2.65 bits per heavy atom. The quantitative estimate of drug-likeness (QED) is 0.924. The number of nitrogens with zero attached hydrogens (tertiary/aromatic N) is 3. The topological polar surface area (TPSA) is 55.0 Å². The smallest absolute Gasteiger partial charge is 0.151 e. The molecular weight excluding hydrogens is 256 g/mol. The number of hydrogen-bond donors (Lipinski definition) is 1. The van der Waals surface area contributed by atoms with Gasteiger partial charge < -0.3 is 10.6 Å². The van der Waals surface area contributed by atoms with Gasteiger partial charge in [-0.25, -0.2) is 0 Å². The van der Waals surface area contributed by atoms with Gasteiger partial charge in [-0.3, -0.25) is 0 Å². The molecule has 2 aromatic rings. The van der Waals surface area contributed by atoms with Gasteiger partial charge in [-0.1, -0.05) is 11.6 Å². The van der Waals surface area contributed by atoms with Crippen LogP contribution in [0.15, 0.2) is 24.3 Å². The van der Waals surface area contributed by atoms with Crippen LogP contribution in [0.1, 0.15) is 10.6 Å². The van der Waals surface area contributed by atoms with Gasteiger partial charge in [-0.15, -0.1) is 16.4 Å². The number of rotatable bonds is 4. The largest absolute Gasteiger partial charge is 0.353 e. The fourth-order valence-electron chi connectivity index (χ4n) is 1.42. The predicted molar refractivity (Wildman–Crippen MR) is 71.4 cm³/mol. The molecule has 4 nitrogen and oxygen atoms in total. The summed E-state index contributed by atoms with van der Waals surface area (Å²) in [4.78, 5) is 3.22. The van der Waals surface area contributed by atoms with Crippen molar-refractivity contribution in [3.8, 4) is 0 Å². The van der Waals surface area contributed by atoms with Crippen molar-refractivity contribution < 1.29 is 0 Å². The van der Waals surface area contributed by atoms with E-state index in [4.69, 9.17) is 17.3 Å². The maximum Gasteiger partial charge on any atom is 0.151 e. The van der Waals surface area contributed by atoms with E-state index in [-0.39, 0.29) is 0 Å². The molecule has 0 radical (unpaired) electrons. The zero-order valence-corrected chi connectivity index (χ0v) is 11.0. The second-order valence-electron chi connectivity index (χ2n) is 3.65. The molecule has 2 aromatic heterocycles. The second kappa shape index (κ2) is 5.44. The summed E-state index contributed by atoms with van der Waals surface area (Å²) < 4.78 is 0.804. The molecule has 2 N–H and O–H groups in total. The maximum atomic E-state index is 5.89. The number of halogens is 1. The van der Waals surface area contributed by atoms with Crippen LogP contribution in [0.5, 0.6) is 0 Å². The van der Waals surface area contributed by atoms with Crippen molar-refractivity contribution in [2.75, 3.05) is 11.9 Å². The van der Waals surface area contributed by atoms with E-state index in [1.807, 2.05) is 36.2 Å². The molecule has 0 saturated heterocycles. The SMILES string of the molecule is CN(Cc1ccc(Cl)s1)c1ccc(CN)nn1. The molecule has 0 spiro atoms. The predicted octanol–water partition coefficient (Wildman–Crippen LogP) is 2.29. The first kappa shape index (κ1) is 12.3. The molecule has 17 heavy (non-hydrogen) atoms. The fourth-order valence-corrected chi connectivity index (χ4v) is 2.56. The van der Waals surface area contributed by atoms with E-state index in [2.05, 4.69) is 10.2 Å². The van der Waals surface area contributed by atoms with E-state index in [1.165, 1.54) is 4.88 Å². The van der Waals surface area contributed by atoms with Gasteiger partial charge >= 0.3 is 0 Å². The molecular formula is C11H13ClN4S. The minimum Gasteiger partial charge on any atom is -0.353 e. The Kier molecular flexibility index (Phi) is 3.93. The van der Waals surface area contributed by atoms with Gasteiger partial charge in [0, 0.05) is 18.5 Å². The number of anilines is 1. The standard InChI is InChI=1S/C11H13ClN4S/c1-16(7-9-3-4-10(12)17-9)11-5-2-8(6-13)14-15-11/h2-5H,6-7,13H2,1H3. The molecule has 0 amide bonds. The fraction of sp³-hybridized carbons (Fsp3) is 0.273. The van der Waals surface area contributed by atoms with Gasteiger partial charge in [0.05, 0.1) is 16.6 Å². The van der Waals surface area contributed by atoms with Gasteiger partial charge in [0.15, 0.2) is 5.82 Å². The lowest BCUT2D eigenvalue weighted by Gasteiger charge is -2.16. The summed E-state index contributed by atoms with van der Waals surface area (Å²) in [6, 6.07) is 7.73. The van der Waals surface area contributed by atoms with Crippen LogP contribution < -0.4 is 10.6 Å². The monoisotopic (exact) mass is 268 g/mol. The summed E-state index contributed by atoms with van der Waals surface area (Å²) in [5.41, 5.74) is 6.27. The van der Waals surface area contributed by atoms with E-state index in [9.17, 15) is 0 Å². The summed E-state index contributed by atoms with van der Waals surface area (Å²) in [5, 5.41) is 8.15. The molecule has 2 rings (SSSR count). The number of nitrogens with two attached hydrogens (primary N) is 1. The molecule has 90 valence electrons. The number of hydrogen-bond acceptors (Lipinski definition) is 5. The van der Waals surface area contributed by atoms with Gasteiger partial charge in [-0.05, 0) is 24.3 Å². The van der Waals surface area contributed by atoms with Gasteiger partial charge in [0.1, 0.15) is 0 Å². The molecule has 0 fully saturated rings. The van der Waals surface area contributed by atoms with E-state index >= 15 is 0 Å². The number of thiophene rings is 1. The molecule has 6 heteroatoms. The summed E-state index contributed by atoms with van der Waals surface area (Å²) in [7, 11) is 1.97. The number of aromatic nitrogens is 2. The van der Waals surface area contributed by atoms with Crippen LogP contribution >= 0.6 is 22.9 Å². The van der Waals surface area contributed by atoms with Crippen LogP contribution in [0.3, 0.4) is 0 Å². The molecule has 0 aliphatic rings. The average molecular weight is 269 g/mol. The van der Waals surface area contributed by atoms with Crippen LogP contribution in [0.4, 0.5) is 5.82 Å². The highest BCUT2D eigenvalue weighted by molar-refractivity contribution is 7.16. The Balaban J connectivity index is 2.06. The normalized spacial score (nSPS) is 10.5. The summed E-state index contributed by atoms with van der Waals surface area (Å²) in [6.07, 6.45) is 0. The maximum absolute atomic E-state index is 5.89. The third kappa shape index (κ3) is 3.15. The first-order valence-electron chi connectivity index (χ1n) is 5.17. The van der Waals surface area contributed by atoms with E-state index in [0.717, 1.165) is 22.4 Å². The minimum absolute atomic E-state index is 0.414. The summed E-state index contributed by atoms with van der Waals surface area (Å²) in [6.45, 7) is 1.19. The molecule has 2 heterocycles. The van der Waals surface area contributed by atoms with Crippen molar-refractivity contribution in [2.45, 2.75) is 13.1 Å². The van der Waals surface area contributed by atoms with Crippen molar-refractivity contribution in [2.24, 2.45) is 5.73 Å². The summed E-state index contributed by atoms with van der Waals surface area (Å²) >= 11 is 7.46. The van der Waals surface area contributed by atoms with Crippen LogP contribution in [0, 0.1) is 0 Å². The lowest BCUT2D eigenvalue weighted by Crippen LogP contribution is -2.17. The summed E-state index contributed by atoms with van der Waals surface area (Å²) in [5.74, 6) is 0.826. The van der Waals surface area contributed by atoms with E-state index in [0.29, 0.717) is 6.54 Å². The Labute approximate surface area is 109 Å². The average Bonchev–Trinajstić information content (AvgIpc) is 2.75. The van der Waals surface area contributed by atoms with Crippen molar-refractivity contribution in [1.29, 1.82) is 0 Å². The lowest BCUT2D eigenvalue weighted by atomic mass is 10.3. The minimum atomic E-state index is 0.414. The first-order valence-corrected chi connectivity index (χ1v) is 6.36. The van der Waals surface area contributed by atoms with Crippen molar-refractivity contribution in [3.05, 3.63) is 39.2 Å². The van der Waals surface area contributed by atoms with Gasteiger partial charge in [0.25, 0.3) is 0 Å². The Morgan fingerprint density at radius 2 is 2.12 bits per heavy atom. The van der Waals surface area contributed by atoms with E-state index in [1.54, 1.807) is 11.3 Å². The molecule has 0 bridgehead atoms. The van der Waals surface area contributed by atoms with Crippen molar-refractivity contribution in [1.82, 2.24) is 10.2 Å². The third-order valence-electron chi connectivity index (χ3n) is 2.33. The Bertz CT molecular complexity index is 482. The van der Waals surface area contributed by atoms with Crippen LogP contribution in [-0.4, -0.2) is 17.2 Å². The highest BCUT2D eigenvalue weighted by Gasteiger charge is 2.06. The highest BCUT2D eigenvalue weighted by Crippen LogP contribution is 2.23. The third-order valence-corrected chi connectivity index (χ3v) is 3.54. The highest BCUT2D eigenvalue weighted by atomic mass is 35.5. The van der Waals surface area contributed by atoms with Crippen LogP contribution in [0.2, 0.25) is 4.34 Å². The van der Waals surface area contributed by atoms with E-state index < -0.39 is 0 Å². The van der Waals surface area contributed by atoms with Crippen LogP contribution in [-0.2, 0) is 13.1 Å². The molecule has 0 saturated carbocycles. The zero-order valence-electron chi connectivity index (χ0n) is 9.43. The zero-order chi connectivity index (χ0) is 12.3. The Morgan fingerprint density at radius 1 is 1.29 bits per heavy atom.